The van der Waals surface area contributed by atoms with Gasteiger partial charge >= 0.3 is 0 Å². The Morgan fingerprint density at radius 1 is 1.46 bits per heavy atom. The van der Waals surface area contributed by atoms with Gasteiger partial charge in [-0.15, -0.1) is 0 Å². The number of nitrogens with two attached hydrogens (primary N) is 1. The number of nitrogens with zero attached hydrogens (tertiary/aromatic N) is 2. The molecule has 0 bridgehead atoms. The van der Waals surface area contributed by atoms with Gasteiger partial charge in [0.05, 0.1) is 53.7 Å². The van der Waals surface area contributed by atoms with Crippen LogP contribution in [0.4, 0.5) is 5.69 Å². The Hall–Kier alpha value is -3.24. The van der Waals surface area contributed by atoms with Crippen molar-refractivity contribution in [2.45, 2.75) is 19.8 Å². The molecule has 0 saturated heterocycles. The molecular formula is C20H19ClN4O3. The van der Waals surface area contributed by atoms with Crippen LogP contribution < -0.4 is 20.5 Å². The van der Waals surface area contributed by atoms with Gasteiger partial charge in [-0.25, -0.2) is 4.98 Å². The molecule has 1 atom stereocenters. The summed E-state index contributed by atoms with van der Waals surface area (Å²) in [5.41, 5.74) is 8.93. The van der Waals surface area contributed by atoms with Crippen LogP contribution in [0.2, 0.25) is 5.02 Å². The molecular weight excluding hydrogens is 380 g/mol. The third-order valence-corrected chi connectivity index (χ3v) is 4.83. The first-order valence-electron chi connectivity index (χ1n) is 8.59. The molecule has 1 amide bonds. The molecule has 0 radical (unpaired) electrons. The number of primary amides is 1. The third-order valence-electron chi connectivity index (χ3n) is 4.55. The van der Waals surface area contributed by atoms with E-state index in [4.69, 9.17) is 26.8 Å². The smallest absolute Gasteiger partial charge is 0.247 e. The average molecular weight is 399 g/mol. The predicted molar refractivity (Wildman–Crippen MR) is 105 cm³/mol. The molecule has 144 valence electrons. The maximum Gasteiger partial charge on any atom is 0.247 e. The Labute approximate surface area is 167 Å². The summed E-state index contributed by atoms with van der Waals surface area (Å²) in [6, 6.07) is 7.09. The van der Waals surface area contributed by atoms with Gasteiger partial charge in [0.1, 0.15) is 5.75 Å². The van der Waals surface area contributed by atoms with Crippen molar-refractivity contribution in [1.82, 2.24) is 4.98 Å². The molecule has 1 aromatic carbocycles. The largest absolute Gasteiger partial charge is 0.496 e. The van der Waals surface area contributed by atoms with Gasteiger partial charge in [0.2, 0.25) is 11.8 Å². The van der Waals surface area contributed by atoms with E-state index >= 15 is 0 Å². The fourth-order valence-electron chi connectivity index (χ4n) is 3.40. The summed E-state index contributed by atoms with van der Waals surface area (Å²) < 4.78 is 11.2. The third kappa shape index (κ3) is 3.23. The highest BCUT2D eigenvalue weighted by atomic mass is 35.5. The van der Waals surface area contributed by atoms with Gasteiger partial charge < -0.3 is 20.5 Å². The number of hydrogen-bond acceptors (Lipinski definition) is 6. The van der Waals surface area contributed by atoms with Crippen LogP contribution in [0.25, 0.3) is 0 Å². The Balaban J connectivity index is 2.37. The van der Waals surface area contributed by atoms with Crippen LogP contribution in [0, 0.1) is 11.3 Å². The zero-order chi connectivity index (χ0) is 20.4. The second kappa shape index (κ2) is 7.79. The second-order valence-electron chi connectivity index (χ2n) is 6.16. The van der Waals surface area contributed by atoms with Gasteiger partial charge in [-0.2, -0.15) is 5.26 Å². The Morgan fingerprint density at radius 2 is 2.21 bits per heavy atom. The highest BCUT2D eigenvalue weighted by molar-refractivity contribution is 6.33. The Kier molecular flexibility index (Phi) is 5.43. The number of ether oxygens (including phenoxy) is 2. The number of rotatable bonds is 5. The lowest BCUT2D eigenvalue weighted by Crippen LogP contribution is -2.28. The molecule has 2 aromatic rings. The van der Waals surface area contributed by atoms with Crippen molar-refractivity contribution in [3.05, 3.63) is 57.4 Å². The van der Waals surface area contributed by atoms with Crippen LogP contribution in [-0.2, 0) is 4.79 Å². The quantitative estimate of drug-likeness (QED) is 0.799. The van der Waals surface area contributed by atoms with Crippen molar-refractivity contribution < 1.29 is 14.3 Å². The first-order chi connectivity index (χ1) is 13.4. The molecule has 0 fully saturated rings. The van der Waals surface area contributed by atoms with E-state index in [0.29, 0.717) is 56.9 Å². The molecule has 0 saturated carbocycles. The Bertz CT molecular complexity index is 1030. The minimum atomic E-state index is -0.621. The van der Waals surface area contributed by atoms with E-state index in [-0.39, 0.29) is 0 Å². The molecule has 28 heavy (non-hydrogen) atoms. The van der Waals surface area contributed by atoms with E-state index in [1.165, 1.54) is 13.3 Å². The zero-order valence-electron chi connectivity index (χ0n) is 15.7. The van der Waals surface area contributed by atoms with Crippen molar-refractivity contribution in [3.63, 3.8) is 0 Å². The van der Waals surface area contributed by atoms with E-state index in [0.717, 1.165) is 0 Å². The summed E-state index contributed by atoms with van der Waals surface area (Å²) in [5.74, 6) is -0.415. The number of carbonyl (C=O) groups excluding carboxylic acids is 1. The lowest BCUT2D eigenvalue weighted by Gasteiger charge is -2.32. The van der Waals surface area contributed by atoms with Gasteiger partial charge in [-0.05, 0) is 26.0 Å². The van der Waals surface area contributed by atoms with Crippen LogP contribution in [0.3, 0.4) is 0 Å². The topological polar surface area (TPSA) is 110 Å². The van der Waals surface area contributed by atoms with Crippen molar-refractivity contribution in [2.24, 2.45) is 5.73 Å². The van der Waals surface area contributed by atoms with Crippen LogP contribution in [0.15, 0.2) is 35.7 Å². The van der Waals surface area contributed by atoms with E-state index in [1.54, 1.807) is 25.1 Å². The molecule has 1 aliphatic heterocycles. The second-order valence-corrected chi connectivity index (χ2v) is 6.57. The van der Waals surface area contributed by atoms with Gasteiger partial charge in [0.25, 0.3) is 0 Å². The van der Waals surface area contributed by atoms with E-state index < -0.39 is 11.8 Å². The molecule has 0 spiro atoms. The molecule has 1 aromatic heterocycles. The first kappa shape index (κ1) is 19.5. The summed E-state index contributed by atoms with van der Waals surface area (Å²) in [4.78, 5) is 16.7. The number of hydrogen-bond donors (Lipinski definition) is 2. The fourth-order valence-corrected chi connectivity index (χ4v) is 3.60. The SMILES string of the molecule is CCOc1ncc(Cl)c2c1C(c1ccc(C#N)cc1OC)C(C(N)=O)=C(C)N2. The number of methoxy groups -OCH3 is 1. The van der Waals surface area contributed by atoms with Crippen LogP contribution in [0.5, 0.6) is 11.6 Å². The lowest BCUT2D eigenvalue weighted by atomic mass is 9.80. The molecule has 2 heterocycles. The minimum Gasteiger partial charge on any atom is -0.496 e. The van der Waals surface area contributed by atoms with E-state index in [1.807, 2.05) is 6.92 Å². The number of carbonyl (C=O) groups is 1. The van der Waals surface area contributed by atoms with Crippen LogP contribution in [-0.4, -0.2) is 24.6 Å². The summed E-state index contributed by atoms with van der Waals surface area (Å²) in [5, 5.41) is 12.7. The van der Waals surface area contributed by atoms with Crippen molar-refractivity contribution >= 4 is 23.2 Å². The standard InChI is InChI=1S/C20H19ClN4O3/c1-4-28-20-17-16(12-6-5-11(8-22)7-14(12)27-3)15(19(23)26)10(2)25-18(17)13(21)9-24-20/h5-7,9,16,25H,4H2,1-3H3,(H2,23,26). The van der Waals surface area contributed by atoms with Crippen molar-refractivity contribution in [3.8, 4) is 17.7 Å². The molecule has 1 unspecified atom stereocenters. The lowest BCUT2D eigenvalue weighted by molar-refractivity contribution is -0.114. The zero-order valence-corrected chi connectivity index (χ0v) is 16.4. The van der Waals surface area contributed by atoms with E-state index in [9.17, 15) is 10.1 Å². The number of aromatic nitrogens is 1. The molecule has 7 nitrogen and oxygen atoms in total. The molecule has 3 N–H and O–H groups in total. The number of benzene rings is 1. The maximum atomic E-state index is 12.4. The maximum absolute atomic E-state index is 12.4. The number of nitrogens with one attached hydrogen (secondary N) is 1. The fraction of sp³-hybridized carbons (Fsp3) is 0.250. The molecule has 8 heteroatoms. The Morgan fingerprint density at radius 3 is 2.82 bits per heavy atom. The number of fused-ring (bicyclic) bond motifs is 1. The first-order valence-corrected chi connectivity index (χ1v) is 8.97. The van der Waals surface area contributed by atoms with Gasteiger partial charge in [-0.1, -0.05) is 17.7 Å². The van der Waals surface area contributed by atoms with Crippen molar-refractivity contribution in [2.75, 3.05) is 19.0 Å². The molecule has 3 rings (SSSR count). The number of amides is 1. The van der Waals surface area contributed by atoms with E-state index in [2.05, 4.69) is 16.4 Å². The van der Waals surface area contributed by atoms with Crippen LogP contribution >= 0.6 is 11.6 Å². The summed E-state index contributed by atoms with van der Waals surface area (Å²) in [7, 11) is 1.50. The average Bonchev–Trinajstić information content (AvgIpc) is 2.68. The number of pyridine rings is 1. The molecule has 0 aliphatic carbocycles. The molecule has 1 aliphatic rings. The predicted octanol–water partition coefficient (Wildman–Crippen LogP) is 3.33. The van der Waals surface area contributed by atoms with Gasteiger partial charge in [0.15, 0.2) is 0 Å². The van der Waals surface area contributed by atoms with Gasteiger partial charge in [-0.3, -0.25) is 4.79 Å². The highest BCUT2D eigenvalue weighted by Crippen LogP contribution is 2.49. The monoisotopic (exact) mass is 398 g/mol. The minimum absolute atomic E-state index is 0.345. The summed E-state index contributed by atoms with van der Waals surface area (Å²) in [6.45, 7) is 3.97. The van der Waals surface area contributed by atoms with Gasteiger partial charge in [0, 0.05) is 16.8 Å². The summed E-state index contributed by atoms with van der Waals surface area (Å²) in [6.07, 6.45) is 1.49. The number of allylic oxidation sites excluding steroid dienone is 1. The number of anilines is 1. The summed E-state index contributed by atoms with van der Waals surface area (Å²) >= 11 is 6.39. The van der Waals surface area contributed by atoms with Crippen molar-refractivity contribution in [1.29, 1.82) is 5.26 Å². The number of halogens is 1. The highest BCUT2D eigenvalue weighted by Gasteiger charge is 2.37. The normalized spacial score (nSPS) is 15.3. The van der Waals surface area contributed by atoms with Crippen LogP contribution in [0.1, 0.15) is 36.5 Å². The number of nitriles is 1.